The van der Waals surface area contributed by atoms with E-state index in [-0.39, 0.29) is 42.3 Å². The average Bonchev–Trinajstić information content (AvgIpc) is 2.53. The number of amides is 1. The van der Waals surface area contributed by atoms with Crippen molar-refractivity contribution in [3.8, 4) is 0 Å². The van der Waals surface area contributed by atoms with Crippen LogP contribution in [0.4, 0.5) is 4.79 Å². The number of aliphatic imine (C=N–C) groups is 1. The van der Waals surface area contributed by atoms with Crippen LogP contribution in [0, 0.1) is 0 Å². The topological polar surface area (TPSA) is 109 Å². The Morgan fingerprint density at radius 3 is 2.14 bits per heavy atom. The first-order valence-corrected chi connectivity index (χ1v) is 11.5. The molecule has 0 bridgehead atoms. The van der Waals surface area contributed by atoms with Crippen LogP contribution < -0.4 is 16.0 Å². The predicted molar refractivity (Wildman–Crippen MR) is 131 cm³/mol. The molecule has 0 fully saturated rings. The standard InChI is InChI=1S/C19H40N4O4S.HI/c1-9-10-11-15(14-22-17(24)27-18(2,3)4)23-16(20-8)21-12-13-28(25,26)19(5,6)7;/h15H,9-14H2,1-8H3,(H,22,24)(H2,20,21,23);1H. The quantitative estimate of drug-likeness (QED) is 0.232. The van der Waals surface area contributed by atoms with Crippen molar-refractivity contribution in [2.24, 2.45) is 4.99 Å². The summed E-state index contributed by atoms with van der Waals surface area (Å²) in [5, 5.41) is 9.08. The largest absolute Gasteiger partial charge is 0.444 e. The Hall–Kier alpha value is -0.780. The lowest BCUT2D eigenvalue weighted by molar-refractivity contribution is 0.0522. The molecule has 0 aliphatic rings. The molecule has 0 heterocycles. The van der Waals surface area contributed by atoms with Gasteiger partial charge in [-0.25, -0.2) is 13.2 Å². The van der Waals surface area contributed by atoms with Crippen LogP contribution in [0.25, 0.3) is 0 Å². The molecular weight excluding hydrogens is 507 g/mol. The number of rotatable bonds is 9. The van der Waals surface area contributed by atoms with Gasteiger partial charge in [0.2, 0.25) is 0 Å². The van der Waals surface area contributed by atoms with Crippen molar-refractivity contribution in [2.75, 3.05) is 25.9 Å². The normalized spacial score (nSPS) is 13.9. The Bertz CT molecular complexity index is 611. The van der Waals surface area contributed by atoms with Gasteiger partial charge < -0.3 is 20.7 Å². The molecule has 29 heavy (non-hydrogen) atoms. The van der Waals surface area contributed by atoms with E-state index in [9.17, 15) is 13.2 Å². The number of carbonyl (C=O) groups is 1. The average molecular weight is 549 g/mol. The first kappa shape index (κ1) is 30.4. The van der Waals surface area contributed by atoms with E-state index in [1.165, 1.54) is 0 Å². The van der Waals surface area contributed by atoms with E-state index in [2.05, 4.69) is 27.9 Å². The molecule has 0 spiro atoms. The van der Waals surface area contributed by atoms with Gasteiger partial charge in [-0.05, 0) is 48.0 Å². The summed E-state index contributed by atoms with van der Waals surface area (Å²) < 4.78 is 28.9. The summed E-state index contributed by atoms with van der Waals surface area (Å²) in [5.74, 6) is 0.531. The van der Waals surface area contributed by atoms with Gasteiger partial charge in [0.25, 0.3) is 0 Å². The van der Waals surface area contributed by atoms with Gasteiger partial charge in [0.1, 0.15) is 5.60 Å². The molecule has 0 aromatic heterocycles. The predicted octanol–water partition coefficient (Wildman–Crippen LogP) is 3.07. The Balaban J connectivity index is 0. The second-order valence-corrected chi connectivity index (χ2v) is 11.7. The van der Waals surface area contributed by atoms with Gasteiger partial charge in [-0.2, -0.15) is 0 Å². The van der Waals surface area contributed by atoms with Crippen LogP contribution in [-0.2, 0) is 14.6 Å². The molecule has 3 N–H and O–H groups in total. The third-order valence-electron chi connectivity index (χ3n) is 3.96. The molecule has 1 unspecified atom stereocenters. The molecule has 0 aliphatic heterocycles. The van der Waals surface area contributed by atoms with Crippen molar-refractivity contribution >= 4 is 45.9 Å². The van der Waals surface area contributed by atoms with Gasteiger partial charge in [0.15, 0.2) is 15.8 Å². The molecule has 8 nitrogen and oxygen atoms in total. The second-order valence-electron chi connectivity index (χ2n) is 8.80. The summed E-state index contributed by atoms with van der Waals surface area (Å²) in [7, 11) is -1.57. The number of alkyl carbamates (subject to hydrolysis) is 1. The van der Waals surface area contributed by atoms with E-state index in [0.717, 1.165) is 19.3 Å². The highest BCUT2D eigenvalue weighted by atomic mass is 127. The van der Waals surface area contributed by atoms with Crippen LogP contribution in [0.2, 0.25) is 0 Å². The van der Waals surface area contributed by atoms with Gasteiger partial charge in [-0.15, -0.1) is 24.0 Å². The van der Waals surface area contributed by atoms with Gasteiger partial charge in [-0.1, -0.05) is 19.8 Å². The Morgan fingerprint density at radius 1 is 1.10 bits per heavy atom. The van der Waals surface area contributed by atoms with E-state index in [4.69, 9.17) is 4.74 Å². The number of nitrogens with one attached hydrogen (secondary N) is 3. The third kappa shape index (κ3) is 14.0. The van der Waals surface area contributed by atoms with Crippen LogP contribution in [-0.4, -0.2) is 62.8 Å². The maximum absolute atomic E-state index is 12.2. The van der Waals surface area contributed by atoms with Gasteiger partial charge in [0.05, 0.1) is 10.5 Å². The Kier molecular flexibility index (Phi) is 14.2. The Labute approximate surface area is 194 Å². The highest BCUT2D eigenvalue weighted by Gasteiger charge is 2.28. The summed E-state index contributed by atoms with van der Waals surface area (Å²) in [6.07, 6.45) is 2.40. The molecule has 0 radical (unpaired) electrons. The number of unbranched alkanes of at least 4 members (excludes halogenated alkanes) is 1. The SMILES string of the molecule is CCCCC(CNC(=O)OC(C)(C)C)NC(=NC)NCCS(=O)(=O)C(C)(C)C.I. The highest BCUT2D eigenvalue weighted by Crippen LogP contribution is 2.15. The van der Waals surface area contributed by atoms with E-state index >= 15 is 0 Å². The van der Waals surface area contributed by atoms with Gasteiger partial charge in [-0.3, -0.25) is 4.99 Å². The molecule has 0 aromatic rings. The van der Waals surface area contributed by atoms with E-state index in [1.54, 1.807) is 27.8 Å². The minimum Gasteiger partial charge on any atom is -0.444 e. The second kappa shape index (κ2) is 13.5. The lowest BCUT2D eigenvalue weighted by atomic mass is 10.1. The molecule has 0 aromatic carbocycles. The van der Waals surface area contributed by atoms with Crippen molar-refractivity contribution in [2.45, 2.75) is 84.1 Å². The number of guanidine groups is 1. The van der Waals surface area contributed by atoms with Crippen LogP contribution >= 0.6 is 24.0 Å². The number of nitrogens with zero attached hydrogens (tertiary/aromatic N) is 1. The highest BCUT2D eigenvalue weighted by molar-refractivity contribution is 14.0. The zero-order valence-corrected chi connectivity index (χ0v) is 22.4. The monoisotopic (exact) mass is 548 g/mol. The zero-order chi connectivity index (χ0) is 22.0. The van der Waals surface area contributed by atoms with Crippen molar-refractivity contribution < 1.29 is 17.9 Å². The maximum atomic E-state index is 12.2. The molecule has 0 rings (SSSR count). The lowest BCUT2D eigenvalue weighted by Crippen LogP contribution is -2.50. The fraction of sp³-hybridized carbons (Fsp3) is 0.895. The summed E-state index contributed by atoms with van der Waals surface area (Å²) in [5.41, 5.74) is -0.549. The molecule has 0 aliphatic carbocycles. The molecule has 0 saturated carbocycles. The van der Waals surface area contributed by atoms with Crippen LogP contribution in [0.3, 0.4) is 0 Å². The maximum Gasteiger partial charge on any atom is 0.407 e. The summed E-state index contributed by atoms with van der Waals surface area (Å²) >= 11 is 0. The number of sulfone groups is 1. The van der Waals surface area contributed by atoms with Gasteiger partial charge in [0, 0.05) is 26.2 Å². The fourth-order valence-electron chi connectivity index (χ4n) is 2.19. The summed E-state index contributed by atoms with van der Waals surface area (Å²) in [6, 6.07) is -0.0436. The zero-order valence-electron chi connectivity index (χ0n) is 19.2. The summed E-state index contributed by atoms with van der Waals surface area (Å²) in [4.78, 5) is 16.1. The minimum atomic E-state index is -3.20. The van der Waals surface area contributed by atoms with Crippen molar-refractivity contribution in [1.29, 1.82) is 0 Å². The van der Waals surface area contributed by atoms with Crippen molar-refractivity contribution in [3.63, 3.8) is 0 Å². The molecular formula is C19H41IN4O4S. The molecule has 174 valence electrons. The van der Waals surface area contributed by atoms with Crippen LogP contribution in [0.5, 0.6) is 0 Å². The lowest BCUT2D eigenvalue weighted by Gasteiger charge is -2.24. The number of carbonyl (C=O) groups excluding carboxylic acids is 1. The minimum absolute atomic E-state index is 0. The number of hydrogen-bond donors (Lipinski definition) is 3. The first-order valence-electron chi connectivity index (χ1n) is 9.88. The molecule has 1 amide bonds. The first-order chi connectivity index (χ1) is 12.7. The number of ether oxygens (including phenoxy) is 1. The van der Waals surface area contributed by atoms with E-state index in [0.29, 0.717) is 12.5 Å². The summed E-state index contributed by atoms with van der Waals surface area (Å²) in [6.45, 7) is 13.3. The van der Waals surface area contributed by atoms with E-state index < -0.39 is 26.3 Å². The smallest absolute Gasteiger partial charge is 0.407 e. The van der Waals surface area contributed by atoms with Gasteiger partial charge >= 0.3 is 6.09 Å². The fourth-order valence-corrected chi connectivity index (χ4v) is 3.18. The molecule has 0 saturated heterocycles. The molecule has 10 heteroatoms. The molecule has 1 atom stereocenters. The van der Waals surface area contributed by atoms with Crippen LogP contribution in [0.1, 0.15) is 67.7 Å². The van der Waals surface area contributed by atoms with Crippen LogP contribution in [0.15, 0.2) is 4.99 Å². The van der Waals surface area contributed by atoms with E-state index in [1.807, 2.05) is 20.8 Å². The van der Waals surface area contributed by atoms with Crippen molar-refractivity contribution in [3.05, 3.63) is 0 Å². The number of hydrogen-bond acceptors (Lipinski definition) is 5. The Morgan fingerprint density at radius 2 is 1.69 bits per heavy atom. The third-order valence-corrected chi connectivity index (χ3v) is 6.57. The number of halogens is 1. The van der Waals surface area contributed by atoms with Crippen molar-refractivity contribution in [1.82, 2.24) is 16.0 Å².